The van der Waals surface area contributed by atoms with Crippen molar-refractivity contribution < 1.29 is 0 Å². The van der Waals surface area contributed by atoms with Gasteiger partial charge in [-0.25, -0.2) is 0 Å². The van der Waals surface area contributed by atoms with E-state index in [1.165, 1.54) is 5.56 Å². The fourth-order valence-corrected chi connectivity index (χ4v) is 2.03. The Kier molecular flexibility index (Phi) is 4.93. The van der Waals surface area contributed by atoms with Crippen molar-refractivity contribution in [1.29, 1.82) is 0 Å². The minimum absolute atomic E-state index is 0.736. The van der Waals surface area contributed by atoms with Gasteiger partial charge in [-0.3, -0.25) is 4.98 Å². The number of halogens is 1. The molecule has 0 saturated heterocycles. The summed E-state index contributed by atoms with van der Waals surface area (Å²) in [6.07, 6.45) is 1.82. The zero-order valence-electron chi connectivity index (χ0n) is 11.2. The van der Waals surface area contributed by atoms with Gasteiger partial charge in [0.2, 0.25) is 0 Å². The van der Waals surface area contributed by atoms with Crippen molar-refractivity contribution in [3.8, 4) is 0 Å². The summed E-state index contributed by atoms with van der Waals surface area (Å²) in [5, 5.41) is 3.37. The quantitative estimate of drug-likeness (QED) is 0.914. The van der Waals surface area contributed by atoms with Crippen molar-refractivity contribution in [3.05, 3.63) is 58.3 Å². The molecule has 2 aromatic rings. The number of hydrogen-bond donors (Lipinski definition) is 1. The highest BCUT2D eigenvalue weighted by atomic mass is 79.9. The van der Waals surface area contributed by atoms with Crippen LogP contribution in [-0.4, -0.2) is 24.0 Å². The van der Waals surface area contributed by atoms with Gasteiger partial charge in [-0.2, -0.15) is 0 Å². The second-order valence-electron chi connectivity index (χ2n) is 4.76. The summed E-state index contributed by atoms with van der Waals surface area (Å²) in [7, 11) is 4.15. The third-order valence-electron chi connectivity index (χ3n) is 2.72. The first-order chi connectivity index (χ1) is 9.13. The lowest BCUT2D eigenvalue weighted by Gasteiger charge is -2.11. The highest BCUT2D eigenvalue weighted by Crippen LogP contribution is 2.12. The molecule has 0 saturated carbocycles. The molecule has 0 fully saturated rings. The van der Waals surface area contributed by atoms with Gasteiger partial charge in [-0.15, -0.1) is 0 Å². The van der Waals surface area contributed by atoms with Gasteiger partial charge in [0.25, 0.3) is 0 Å². The molecular formula is C15H18BrN3. The Hall–Kier alpha value is -1.39. The lowest BCUT2D eigenvalue weighted by Crippen LogP contribution is -2.10. The molecule has 0 amide bonds. The summed E-state index contributed by atoms with van der Waals surface area (Å²) < 4.78 is 1.00. The molecular weight excluding hydrogens is 302 g/mol. The molecule has 0 unspecified atom stereocenters. The summed E-state index contributed by atoms with van der Waals surface area (Å²) in [6, 6.07) is 12.5. The van der Waals surface area contributed by atoms with E-state index in [2.05, 4.69) is 69.5 Å². The maximum atomic E-state index is 4.33. The lowest BCUT2D eigenvalue weighted by molar-refractivity contribution is 0.402. The van der Waals surface area contributed by atoms with Crippen LogP contribution in [0.4, 0.5) is 5.69 Å². The molecule has 1 N–H and O–H groups in total. The molecule has 19 heavy (non-hydrogen) atoms. The Morgan fingerprint density at radius 2 is 1.84 bits per heavy atom. The fraction of sp³-hybridized carbons (Fsp3) is 0.267. The van der Waals surface area contributed by atoms with Crippen molar-refractivity contribution in [2.45, 2.75) is 13.1 Å². The Balaban J connectivity index is 1.91. The summed E-state index contributed by atoms with van der Waals surface area (Å²) in [5.74, 6) is 0. The number of anilines is 1. The minimum atomic E-state index is 0.736. The maximum absolute atomic E-state index is 4.33. The van der Waals surface area contributed by atoms with Crippen LogP contribution in [0.3, 0.4) is 0 Å². The van der Waals surface area contributed by atoms with Gasteiger partial charge >= 0.3 is 0 Å². The highest BCUT2D eigenvalue weighted by molar-refractivity contribution is 9.10. The average molecular weight is 320 g/mol. The van der Waals surface area contributed by atoms with Gasteiger partial charge in [-0.1, -0.05) is 12.1 Å². The first kappa shape index (κ1) is 14.0. The molecule has 4 heteroatoms. The Morgan fingerprint density at radius 1 is 1.11 bits per heavy atom. The van der Waals surface area contributed by atoms with Crippen molar-refractivity contribution in [3.63, 3.8) is 0 Å². The molecule has 1 aromatic heterocycles. The molecule has 1 aromatic carbocycles. The van der Waals surface area contributed by atoms with E-state index in [0.29, 0.717) is 0 Å². The molecule has 2 rings (SSSR count). The summed E-state index contributed by atoms with van der Waals surface area (Å²) in [5.41, 5.74) is 3.46. The van der Waals surface area contributed by atoms with E-state index < -0.39 is 0 Å². The monoisotopic (exact) mass is 319 g/mol. The third-order valence-corrected chi connectivity index (χ3v) is 3.18. The molecule has 0 spiro atoms. The predicted molar refractivity (Wildman–Crippen MR) is 83.1 cm³/mol. The van der Waals surface area contributed by atoms with Gasteiger partial charge in [-0.05, 0) is 59.9 Å². The van der Waals surface area contributed by atoms with E-state index >= 15 is 0 Å². The maximum Gasteiger partial charge on any atom is 0.0595 e. The zero-order valence-corrected chi connectivity index (χ0v) is 12.8. The number of nitrogens with zero attached hydrogens (tertiary/aromatic N) is 2. The van der Waals surface area contributed by atoms with E-state index in [1.807, 2.05) is 18.3 Å². The van der Waals surface area contributed by atoms with Gasteiger partial charge in [0, 0.05) is 22.9 Å². The number of aromatic nitrogens is 1. The molecule has 3 nitrogen and oxygen atoms in total. The SMILES string of the molecule is CN(C)Cc1ccc(NCc2ccc(Br)cn2)cc1. The number of nitrogens with one attached hydrogen (secondary N) is 1. The first-order valence-corrected chi connectivity index (χ1v) is 7.01. The van der Waals surface area contributed by atoms with Crippen LogP contribution >= 0.6 is 15.9 Å². The van der Waals surface area contributed by atoms with Crippen LogP contribution in [0.2, 0.25) is 0 Å². The topological polar surface area (TPSA) is 28.2 Å². The lowest BCUT2D eigenvalue weighted by atomic mass is 10.2. The first-order valence-electron chi connectivity index (χ1n) is 6.21. The van der Waals surface area contributed by atoms with Crippen LogP contribution in [0.15, 0.2) is 47.1 Å². The standard InChI is InChI=1S/C15H18BrN3/c1-19(2)11-12-3-6-14(7-4-12)18-10-15-8-5-13(16)9-17-15/h3-9,18H,10-11H2,1-2H3. The Labute approximate surface area is 122 Å². The van der Waals surface area contributed by atoms with Crippen molar-refractivity contribution in [1.82, 2.24) is 9.88 Å². The number of pyridine rings is 1. The normalized spacial score (nSPS) is 10.7. The molecule has 0 aliphatic carbocycles. The van der Waals surface area contributed by atoms with E-state index in [0.717, 1.165) is 28.9 Å². The minimum Gasteiger partial charge on any atom is -0.379 e. The van der Waals surface area contributed by atoms with Gasteiger partial charge in [0.15, 0.2) is 0 Å². The molecule has 1 heterocycles. The average Bonchev–Trinajstić information content (AvgIpc) is 2.39. The second kappa shape index (κ2) is 6.68. The van der Waals surface area contributed by atoms with Crippen molar-refractivity contribution in [2.24, 2.45) is 0 Å². The predicted octanol–water partition coefficient (Wildman–Crippen LogP) is 3.52. The summed E-state index contributed by atoms with van der Waals surface area (Å²) in [4.78, 5) is 6.50. The van der Waals surface area contributed by atoms with E-state index in [9.17, 15) is 0 Å². The third kappa shape index (κ3) is 4.65. The van der Waals surface area contributed by atoms with Crippen molar-refractivity contribution in [2.75, 3.05) is 19.4 Å². The smallest absolute Gasteiger partial charge is 0.0595 e. The van der Waals surface area contributed by atoms with Crippen LogP contribution < -0.4 is 5.32 Å². The number of rotatable bonds is 5. The molecule has 100 valence electrons. The van der Waals surface area contributed by atoms with Gasteiger partial charge in [0.1, 0.15) is 0 Å². The molecule has 0 atom stereocenters. The van der Waals surface area contributed by atoms with Crippen LogP contribution in [0.25, 0.3) is 0 Å². The van der Waals surface area contributed by atoms with Crippen LogP contribution in [0.1, 0.15) is 11.3 Å². The van der Waals surface area contributed by atoms with E-state index in [4.69, 9.17) is 0 Å². The Morgan fingerprint density at radius 3 is 2.42 bits per heavy atom. The summed E-state index contributed by atoms with van der Waals surface area (Å²) >= 11 is 3.38. The molecule has 0 radical (unpaired) electrons. The number of hydrogen-bond acceptors (Lipinski definition) is 3. The van der Waals surface area contributed by atoms with Crippen LogP contribution in [0.5, 0.6) is 0 Å². The van der Waals surface area contributed by atoms with Crippen LogP contribution in [-0.2, 0) is 13.1 Å². The van der Waals surface area contributed by atoms with Crippen LogP contribution in [0, 0.1) is 0 Å². The molecule has 0 aliphatic rings. The largest absolute Gasteiger partial charge is 0.379 e. The van der Waals surface area contributed by atoms with E-state index in [1.54, 1.807) is 0 Å². The number of benzene rings is 1. The fourth-order valence-electron chi connectivity index (χ4n) is 1.80. The van der Waals surface area contributed by atoms with E-state index in [-0.39, 0.29) is 0 Å². The summed E-state index contributed by atoms with van der Waals surface area (Å²) in [6.45, 7) is 1.70. The Bertz CT molecular complexity index is 506. The molecule has 0 aliphatic heterocycles. The highest BCUT2D eigenvalue weighted by Gasteiger charge is 1.98. The molecule has 0 bridgehead atoms. The van der Waals surface area contributed by atoms with Crippen molar-refractivity contribution >= 4 is 21.6 Å². The van der Waals surface area contributed by atoms with Gasteiger partial charge < -0.3 is 10.2 Å². The van der Waals surface area contributed by atoms with Gasteiger partial charge in [0.05, 0.1) is 12.2 Å². The second-order valence-corrected chi connectivity index (χ2v) is 5.67. The zero-order chi connectivity index (χ0) is 13.7.